The second-order valence-electron chi connectivity index (χ2n) is 4.36. The van der Waals surface area contributed by atoms with Crippen molar-refractivity contribution in [1.29, 1.82) is 0 Å². The Bertz CT molecular complexity index is 192. The molecule has 4 nitrogen and oxygen atoms in total. The van der Waals surface area contributed by atoms with E-state index in [1.165, 1.54) is 0 Å². The van der Waals surface area contributed by atoms with Crippen molar-refractivity contribution in [1.82, 2.24) is 4.90 Å². The molecule has 0 radical (unpaired) electrons. The first kappa shape index (κ1) is 11.3. The summed E-state index contributed by atoms with van der Waals surface area (Å²) in [6.07, 6.45) is 2.29. The van der Waals surface area contributed by atoms with Gasteiger partial charge in [-0.15, -0.1) is 0 Å². The predicted octanol–water partition coefficient (Wildman–Crippen LogP) is 0.247. The van der Waals surface area contributed by atoms with Crippen LogP contribution in [-0.2, 0) is 9.47 Å². The Morgan fingerprint density at radius 2 is 2.07 bits per heavy atom. The number of aliphatic hydroxyl groups excluding tert-OH is 1. The van der Waals surface area contributed by atoms with Crippen LogP contribution in [0.1, 0.15) is 19.8 Å². The molecule has 0 unspecified atom stereocenters. The fourth-order valence-electron chi connectivity index (χ4n) is 2.49. The van der Waals surface area contributed by atoms with Crippen LogP contribution in [0.5, 0.6) is 0 Å². The Labute approximate surface area is 91.2 Å². The molecule has 2 aliphatic heterocycles. The maximum atomic E-state index is 9.71. The number of rotatable bonds is 3. The number of aliphatic hydroxyl groups is 1. The average Bonchev–Trinajstić information content (AvgIpc) is 2.66. The summed E-state index contributed by atoms with van der Waals surface area (Å²) >= 11 is 0. The van der Waals surface area contributed by atoms with E-state index in [0.717, 1.165) is 32.5 Å². The standard InChI is InChI=1S/C11H21NO3/c1-2-15-9-3-5-12(6-4-9)10-7-14-8-11(10)13/h9-11,13H,2-8H2,1H3/t10-,11-/m1/s1. The molecule has 1 N–H and O–H groups in total. The summed E-state index contributed by atoms with van der Waals surface area (Å²) in [5.74, 6) is 0. The van der Waals surface area contributed by atoms with Gasteiger partial charge in [0, 0.05) is 19.7 Å². The molecule has 4 heteroatoms. The average molecular weight is 215 g/mol. The zero-order valence-corrected chi connectivity index (χ0v) is 9.39. The van der Waals surface area contributed by atoms with Gasteiger partial charge in [0.2, 0.25) is 0 Å². The molecule has 2 saturated heterocycles. The molecule has 0 spiro atoms. The maximum Gasteiger partial charge on any atom is 0.0950 e. The molecule has 0 aliphatic carbocycles. The van der Waals surface area contributed by atoms with E-state index in [-0.39, 0.29) is 12.1 Å². The predicted molar refractivity (Wildman–Crippen MR) is 56.8 cm³/mol. The minimum absolute atomic E-state index is 0.215. The second-order valence-corrected chi connectivity index (χ2v) is 4.36. The monoisotopic (exact) mass is 215 g/mol. The molecule has 0 bridgehead atoms. The summed E-state index contributed by atoms with van der Waals surface area (Å²) in [4.78, 5) is 2.34. The quantitative estimate of drug-likeness (QED) is 0.732. The summed E-state index contributed by atoms with van der Waals surface area (Å²) in [5.41, 5.74) is 0. The molecule has 0 aromatic rings. The Morgan fingerprint density at radius 3 is 2.60 bits per heavy atom. The lowest BCUT2D eigenvalue weighted by Crippen LogP contribution is -2.48. The number of hydrogen-bond acceptors (Lipinski definition) is 4. The van der Waals surface area contributed by atoms with E-state index in [1.54, 1.807) is 0 Å². The van der Waals surface area contributed by atoms with Crippen molar-refractivity contribution in [3.05, 3.63) is 0 Å². The first-order valence-corrected chi connectivity index (χ1v) is 5.92. The number of nitrogens with zero attached hydrogens (tertiary/aromatic N) is 1. The molecule has 0 amide bonds. The van der Waals surface area contributed by atoms with E-state index in [4.69, 9.17) is 9.47 Å². The highest BCUT2D eigenvalue weighted by molar-refractivity contribution is 4.86. The van der Waals surface area contributed by atoms with Crippen molar-refractivity contribution in [2.24, 2.45) is 0 Å². The van der Waals surface area contributed by atoms with Gasteiger partial charge in [-0.2, -0.15) is 0 Å². The van der Waals surface area contributed by atoms with Crippen molar-refractivity contribution >= 4 is 0 Å². The van der Waals surface area contributed by atoms with Crippen LogP contribution in [-0.4, -0.2) is 61.2 Å². The molecule has 15 heavy (non-hydrogen) atoms. The number of ether oxygens (including phenoxy) is 2. The van der Waals surface area contributed by atoms with Gasteiger partial charge < -0.3 is 14.6 Å². The number of piperidine rings is 1. The van der Waals surface area contributed by atoms with Gasteiger partial charge in [0.05, 0.1) is 31.5 Å². The first-order chi connectivity index (χ1) is 7.31. The minimum Gasteiger partial charge on any atom is -0.389 e. The zero-order valence-electron chi connectivity index (χ0n) is 9.39. The van der Waals surface area contributed by atoms with E-state index >= 15 is 0 Å². The molecule has 2 atom stereocenters. The summed E-state index contributed by atoms with van der Waals surface area (Å²) in [5, 5.41) is 9.71. The van der Waals surface area contributed by atoms with E-state index < -0.39 is 0 Å². The third kappa shape index (κ3) is 2.69. The molecular formula is C11H21NO3. The van der Waals surface area contributed by atoms with Crippen molar-refractivity contribution in [2.75, 3.05) is 32.9 Å². The lowest BCUT2D eigenvalue weighted by atomic mass is 10.0. The van der Waals surface area contributed by atoms with Crippen LogP contribution in [0, 0.1) is 0 Å². The molecule has 2 aliphatic rings. The van der Waals surface area contributed by atoms with Crippen molar-refractivity contribution in [3.63, 3.8) is 0 Å². The van der Waals surface area contributed by atoms with Gasteiger partial charge in [0.15, 0.2) is 0 Å². The van der Waals surface area contributed by atoms with Gasteiger partial charge >= 0.3 is 0 Å². The highest BCUT2D eigenvalue weighted by Gasteiger charge is 2.33. The third-order valence-corrected chi connectivity index (χ3v) is 3.37. The van der Waals surface area contributed by atoms with E-state index in [0.29, 0.717) is 19.3 Å². The highest BCUT2D eigenvalue weighted by Crippen LogP contribution is 2.20. The fourth-order valence-corrected chi connectivity index (χ4v) is 2.49. The van der Waals surface area contributed by atoms with Crippen LogP contribution in [0.15, 0.2) is 0 Å². The van der Waals surface area contributed by atoms with Crippen LogP contribution < -0.4 is 0 Å². The maximum absolute atomic E-state index is 9.71. The number of likely N-dealkylation sites (tertiary alicyclic amines) is 1. The van der Waals surface area contributed by atoms with E-state index in [2.05, 4.69) is 4.90 Å². The Kier molecular flexibility index (Phi) is 3.97. The summed E-state index contributed by atoms with van der Waals surface area (Å²) < 4.78 is 10.9. The van der Waals surface area contributed by atoms with Crippen molar-refractivity contribution < 1.29 is 14.6 Å². The first-order valence-electron chi connectivity index (χ1n) is 5.92. The summed E-state index contributed by atoms with van der Waals surface area (Å²) in [6, 6.07) is 0.215. The third-order valence-electron chi connectivity index (χ3n) is 3.37. The topological polar surface area (TPSA) is 41.9 Å². The van der Waals surface area contributed by atoms with Crippen LogP contribution in [0.4, 0.5) is 0 Å². The Hall–Kier alpha value is -0.160. The Balaban J connectivity index is 1.77. The van der Waals surface area contributed by atoms with Crippen LogP contribution >= 0.6 is 0 Å². The SMILES string of the molecule is CCOC1CCN([C@@H]2COC[C@H]2O)CC1. The second kappa shape index (κ2) is 5.25. The summed E-state index contributed by atoms with van der Waals surface area (Å²) in [7, 11) is 0. The normalized spacial score (nSPS) is 34.8. The molecule has 0 aromatic heterocycles. The molecule has 2 fully saturated rings. The molecule has 2 heterocycles. The molecule has 88 valence electrons. The molecule has 2 rings (SSSR count). The lowest BCUT2D eigenvalue weighted by molar-refractivity contribution is -0.00958. The van der Waals surface area contributed by atoms with Crippen molar-refractivity contribution in [3.8, 4) is 0 Å². The van der Waals surface area contributed by atoms with Crippen LogP contribution in [0.2, 0.25) is 0 Å². The van der Waals surface area contributed by atoms with E-state index in [1.807, 2.05) is 6.92 Å². The van der Waals surface area contributed by atoms with Gasteiger partial charge in [0.25, 0.3) is 0 Å². The van der Waals surface area contributed by atoms with Crippen LogP contribution in [0.3, 0.4) is 0 Å². The smallest absolute Gasteiger partial charge is 0.0950 e. The fraction of sp³-hybridized carbons (Fsp3) is 1.00. The van der Waals surface area contributed by atoms with Gasteiger partial charge in [-0.3, -0.25) is 4.90 Å². The zero-order chi connectivity index (χ0) is 10.7. The van der Waals surface area contributed by atoms with Gasteiger partial charge in [-0.05, 0) is 19.8 Å². The van der Waals surface area contributed by atoms with Gasteiger partial charge in [-0.25, -0.2) is 0 Å². The number of hydrogen-bond donors (Lipinski definition) is 1. The Morgan fingerprint density at radius 1 is 1.33 bits per heavy atom. The summed E-state index contributed by atoms with van der Waals surface area (Å²) in [6.45, 7) is 6.07. The molecule has 0 saturated carbocycles. The largest absolute Gasteiger partial charge is 0.389 e. The highest BCUT2D eigenvalue weighted by atomic mass is 16.5. The minimum atomic E-state index is -0.298. The molecule has 0 aromatic carbocycles. The lowest BCUT2D eigenvalue weighted by Gasteiger charge is -2.36. The van der Waals surface area contributed by atoms with Gasteiger partial charge in [0.1, 0.15) is 0 Å². The van der Waals surface area contributed by atoms with E-state index in [9.17, 15) is 5.11 Å². The molecular weight excluding hydrogens is 194 g/mol. The van der Waals surface area contributed by atoms with Crippen molar-refractivity contribution in [2.45, 2.75) is 38.0 Å². The van der Waals surface area contributed by atoms with Crippen LogP contribution in [0.25, 0.3) is 0 Å². The van der Waals surface area contributed by atoms with Gasteiger partial charge in [-0.1, -0.05) is 0 Å².